The van der Waals surface area contributed by atoms with E-state index in [4.69, 9.17) is 4.52 Å². The van der Waals surface area contributed by atoms with Crippen LogP contribution in [0.25, 0.3) is 0 Å². The molecule has 0 radical (unpaired) electrons. The van der Waals surface area contributed by atoms with E-state index in [0.717, 1.165) is 37.4 Å². The first kappa shape index (κ1) is 17.6. The maximum absolute atomic E-state index is 9.37. The first-order chi connectivity index (χ1) is 11.6. The number of aliphatic hydroxyl groups excluding tert-OH is 1. The summed E-state index contributed by atoms with van der Waals surface area (Å²) in [7, 11) is 0. The Hall–Kier alpha value is -1.17. The molecule has 0 aromatic carbocycles. The van der Waals surface area contributed by atoms with Crippen molar-refractivity contribution >= 4 is 11.3 Å². The van der Waals surface area contributed by atoms with Crippen molar-refractivity contribution in [2.45, 2.75) is 65.0 Å². The number of hydrogen-bond donors (Lipinski definition) is 1. The van der Waals surface area contributed by atoms with E-state index in [-0.39, 0.29) is 6.61 Å². The number of thiophene rings is 1. The van der Waals surface area contributed by atoms with Crippen LogP contribution in [-0.2, 0) is 19.4 Å². The molecule has 0 saturated carbocycles. The first-order valence-corrected chi connectivity index (χ1v) is 9.81. The number of rotatable bonds is 6. The number of aryl methyl sites for hydroxylation is 2. The van der Waals surface area contributed by atoms with Crippen LogP contribution in [0.3, 0.4) is 0 Å². The van der Waals surface area contributed by atoms with Crippen LogP contribution < -0.4 is 0 Å². The van der Waals surface area contributed by atoms with Crippen LogP contribution in [0.5, 0.6) is 0 Å². The molecular weight excluding hydrogens is 320 g/mol. The standard InChI is InChI=1S/C19H28N2O2S/c1-4-17-11-18(19(24-17)6-8-22)15-5-7-21(13(2)9-15)12-16-10-14(3)23-20-16/h10-11,13,15,22H,4-9,12H2,1-3H3. The molecule has 0 aliphatic carbocycles. The highest BCUT2D eigenvalue weighted by molar-refractivity contribution is 7.12. The molecule has 1 saturated heterocycles. The lowest BCUT2D eigenvalue weighted by Gasteiger charge is -2.37. The summed E-state index contributed by atoms with van der Waals surface area (Å²) in [6.45, 7) is 8.68. The molecule has 1 aliphatic heterocycles. The molecule has 5 heteroatoms. The monoisotopic (exact) mass is 348 g/mol. The second-order valence-electron chi connectivity index (χ2n) is 6.89. The Kier molecular flexibility index (Phi) is 5.74. The fraction of sp³-hybridized carbons (Fsp3) is 0.632. The van der Waals surface area contributed by atoms with E-state index < -0.39 is 0 Å². The molecule has 132 valence electrons. The van der Waals surface area contributed by atoms with E-state index in [9.17, 15) is 5.11 Å². The van der Waals surface area contributed by atoms with Crippen molar-refractivity contribution < 1.29 is 9.63 Å². The van der Waals surface area contributed by atoms with Crippen molar-refractivity contribution in [1.29, 1.82) is 0 Å². The van der Waals surface area contributed by atoms with Gasteiger partial charge < -0.3 is 9.63 Å². The molecule has 0 spiro atoms. The minimum atomic E-state index is 0.247. The van der Waals surface area contributed by atoms with Crippen molar-refractivity contribution in [3.63, 3.8) is 0 Å². The molecule has 1 fully saturated rings. The van der Waals surface area contributed by atoms with Gasteiger partial charge in [-0.3, -0.25) is 4.90 Å². The fourth-order valence-electron chi connectivity index (χ4n) is 3.76. The predicted molar refractivity (Wildman–Crippen MR) is 97.6 cm³/mol. The van der Waals surface area contributed by atoms with E-state index >= 15 is 0 Å². The lowest BCUT2D eigenvalue weighted by atomic mass is 9.85. The second-order valence-corrected chi connectivity index (χ2v) is 8.11. The molecule has 0 amide bonds. The Bertz CT molecular complexity index is 664. The third-order valence-corrected chi connectivity index (χ3v) is 6.43. The SMILES string of the molecule is CCc1cc(C2CCN(Cc3cc(C)on3)C(C)C2)c(CCO)s1. The summed E-state index contributed by atoms with van der Waals surface area (Å²) in [5, 5.41) is 13.5. The number of piperidine rings is 1. The number of hydrogen-bond acceptors (Lipinski definition) is 5. The first-order valence-electron chi connectivity index (χ1n) is 8.99. The number of nitrogens with zero attached hydrogens (tertiary/aromatic N) is 2. The summed E-state index contributed by atoms with van der Waals surface area (Å²) in [4.78, 5) is 5.35. The molecule has 2 aromatic rings. The predicted octanol–water partition coefficient (Wildman–Crippen LogP) is 3.91. The Labute approximate surface area is 148 Å². The van der Waals surface area contributed by atoms with E-state index in [1.54, 1.807) is 0 Å². The van der Waals surface area contributed by atoms with Gasteiger partial charge >= 0.3 is 0 Å². The van der Waals surface area contributed by atoms with Gasteiger partial charge in [0, 0.05) is 41.4 Å². The second kappa shape index (κ2) is 7.81. The Morgan fingerprint density at radius 1 is 1.42 bits per heavy atom. The largest absolute Gasteiger partial charge is 0.396 e. The number of aliphatic hydroxyl groups is 1. The van der Waals surface area contributed by atoms with Gasteiger partial charge in [-0.25, -0.2) is 0 Å². The van der Waals surface area contributed by atoms with Gasteiger partial charge in [-0.15, -0.1) is 11.3 Å². The van der Waals surface area contributed by atoms with Crippen LogP contribution in [-0.4, -0.2) is 34.4 Å². The van der Waals surface area contributed by atoms with Gasteiger partial charge in [-0.2, -0.15) is 0 Å². The van der Waals surface area contributed by atoms with Gasteiger partial charge in [0.15, 0.2) is 0 Å². The fourth-order valence-corrected chi connectivity index (χ4v) is 4.94. The lowest BCUT2D eigenvalue weighted by molar-refractivity contribution is 0.135. The normalized spacial score (nSPS) is 22.2. The molecule has 3 heterocycles. The van der Waals surface area contributed by atoms with Gasteiger partial charge in [-0.05, 0) is 57.2 Å². The molecule has 1 N–H and O–H groups in total. The molecule has 4 nitrogen and oxygen atoms in total. The molecular formula is C19H28N2O2S. The minimum absolute atomic E-state index is 0.247. The van der Waals surface area contributed by atoms with Crippen LogP contribution in [0.4, 0.5) is 0 Å². The van der Waals surface area contributed by atoms with Gasteiger partial charge in [0.05, 0.1) is 5.69 Å². The molecule has 3 rings (SSSR count). The average Bonchev–Trinajstić information content (AvgIpc) is 3.16. The quantitative estimate of drug-likeness (QED) is 0.860. The zero-order valence-electron chi connectivity index (χ0n) is 14.9. The van der Waals surface area contributed by atoms with Crippen LogP contribution in [0.15, 0.2) is 16.7 Å². The highest BCUT2D eigenvalue weighted by Gasteiger charge is 2.29. The summed E-state index contributed by atoms with van der Waals surface area (Å²) in [6, 6.07) is 4.96. The maximum Gasteiger partial charge on any atom is 0.133 e. The highest BCUT2D eigenvalue weighted by Crippen LogP contribution is 2.38. The smallest absolute Gasteiger partial charge is 0.133 e. The van der Waals surface area contributed by atoms with E-state index in [2.05, 4.69) is 30.0 Å². The van der Waals surface area contributed by atoms with Crippen LogP contribution in [0, 0.1) is 6.92 Å². The summed E-state index contributed by atoms with van der Waals surface area (Å²) in [6.07, 6.45) is 4.24. The zero-order valence-corrected chi connectivity index (χ0v) is 15.7. The maximum atomic E-state index is 9.37. The molecule has 1 aliphatic rings. The van der Waals surface area contributed by atoms with Gasteiger partial charge in [0.2, 0.25) is 0 Å². The summed E-state index contributed by atoms with van der Waals surface area (Å²) in [5.41, 5.74) is 2.53. The van der Waals surface area contributed by atoms with Gasteiger partial charge in [-0.1, -0.05) is 12.1 Å². The van der Waals surface area contributed by atoms with E-state index in [0.29, 0.717) is 12.0 Å². The molecule has 24 heavy (non-hydrogen) atoms. The summed E-state index contributed by atoms with van der Waals surface area (Å²) < 4.78 is 5.19. The summed E-state index contributed by atoms with van der Waals surface area (Å²) >= 11 is 1.89. The Morgan fingerprint density at radius 2 is 2.25 bits per heavy atom. The van der Waals surface area contributed by atoms with Crippen LogP contribution in [0.1, 0.15) is 59.4 Å². The van der Waals surface area contributed by atoms with Crippen molar-refractivity contribution in [2.24, 2.45) is 0 Å². The lowest BCUT2D eigenvalue weighted by Crippen LogP contribution is -2.39. The third kappa shape index (κ3) is 3.90. The molecule has 2 unspecified atom stereocenters. The van der Waals surface area contributed by atoms with Gasteiger partial charge in [0.25, 0.3) is 0 Å². The molecule has 2 aromatic heterocycles. The van der Waals surface area contributed by atoms with Crippen molar-refractivity contribution in [2.75, 3.05) is 13.2 Å². The van der Waals surface area contributed by atoms with E-state index in [1.165, 1.54) is 28.2 Å². The van der Waals surface area contributed by atoms with Crippen LogP contribution in [0.2, 0.25) is 0 Å². The minimum Gasteiger partial charge on any atom is -0.396 e. The third-order valence-electron chi connectivity index (χ3n) is 5.08. The Balaban J connectivity index is 1.67. The van der Waals surface area contributed by atoms with Crippen molar-refractivity contribution in [1.82, 2.24) is 10.1 Å². The van der Waals surface area contributed by atoms with E-state index in [1.807, 2.05) is 24.3 Å². The number of aromatic nitrogens is 1. The zero-order chi connectivity index (χ0) is 17.1. The average molecular weight is 349 g/mol. The summed E-state index contributed by atoms with van der Waals surface area (Å²) in [5.74, 6) is 1.50. The molecule has 0 bridgehead atoms. The Morgan fingerprint density at radius 3 is 2.88 bits per heavy atom. The van der Waals surface area contributed by atoms with Crippen molar-refractivity contribution in [3.05, 3.63) is 38.9 Å². The highest BCUT2D eigenvalue weighted by atomic mass is 32.1. The van der Waals surface area contributed by atoms with Crippen LogP contribution >= 0.6 is 11.3 Å². The van der Waals surface area contributed by atoms with Gasteiger partial charge in [0.1, 0.15) is 5.76 Å². The topological polar surface area (TPSA) is 49.5 Å². The molecule has 2 atom stereocenters. The number of likely N-dealkylation sites (tertiary alicyclic amines) is 1. The van der Waals surface area contributed by atoms with Crippen molar-refractivity contribution in [3.8, 4) is 0 Å².